The van der Waals surface area contributed by atoms with Crippen molar-refractivity contribution < 1.29 is 24.3 Å². The van der Waals surface area contributed by atoms with Crippen molar-refractivity contribution in [1.82, 2.24) is 24.7 Å². The van der Waals surface area contributed by atoms with Crippen LogP contribution in [-0.2, 0) is 4.79 Å². The Morgan fingerprint density at radius 3 is 2.38 bits per heavy atom. The van der Waals surface area contributed by atoms with Gasteiger partial charge in [0.05, 0.1) is 5.69 Å². The lowest BCUT2D eigenvalue weighted by molar-refractivity contribution is -0.140. The second-order valence-corrected chi connectivity index (χ2v) is 8.45. The van der Waals surface area contributed by atoms with Gasteiger partial charge in [-0.1, -0.05) is 0 Å². The first kappa shape index (κ1) is 24.4. The Morgan fingerprint density at radius 2 is 1.82 bits per heavy atom. The summed E-state index contributed by atoms with van der Waals surface area (Å²) in [6.07, 6.45) is 0.877. The molecule has 34 heavy (non-hydrogen) atoms. The van der Waals surface area contributed by atoms with Gasteiger partial charge in [-0.3, -0.25) is 19.5 Å². The summed E-state index contributed by atoms with van der Waals surface area (Å²) >= 11 is 0. The number of anilines is 1. The number of carboxylic acid groups (broad SMARTS) is 1. The van der Waals surface area contributed by atoms with Crippen LogP contribution in [0.4, 0.5) is 15.4 Å². The first-order valence-electron chi connectivity index (χ1n) is 10.6. The van der Waals surface area contributed by atoms with Crippen molar-refractivity contribution in [3.63, 3.8) is 0 Å². The highest BCUT2D eigenvalue weighted by atomic mass is 16.4. The lowest BCUT2D eigenvalue weighted by atomic mass is 10.0. The summed E-state index contributed by atoms with van der Waals surface area (Å²) in [4.78, 5) is 66.6. The quantitative estimate of drug-likeness (QED) is 0.554. The fourth-order valence-corrected chi connectivity index (χ4v) is 3.69. The van der Waals surface area contributed by atoms with Gasteiger partial charge in [0.15, 0.2) is 0 Å². The Labute approximate surface area is 195 Å². The SMILES string of the molecule is CC1CN(C(=O)Nc2ccn(-c3ccc(C=O)cc3)c(=O)n2)CCN1C(=O)C(C)(C)NC(=O)O. The molecule has 2 heterocycles. The molecule has 1 saturated heterocycles. The van der Waals surface area contributed by atoms with Gasteiger partial charge in [-0.15, -0.1) is 0 Å². The maximum Gasteiger partial charge on any atom is 0.405 e. The van der Waals surface area contributed by atoms with Crippen molar-refractivity contribution in [3.05, 3.63) is 52.6 Å². The minimum atomic E-state index is -1.30. The average Bonchev–Trinajstić information content (AvgIpc) is 2.78. The van der Waals surface area contributed by atoms with Crippen LogP contribution in [0.1, 0.15) is 31.1 Å². The molecule has 12 nitrogen and oxygen atoms in total. The molecule has 0 saturated carbocycles. The number of amides is 4. The van der Waals surface area contributed by atoms with E-state index in [4.69, 9.17) is 5.11 Å². The monoisotopic (exact) mass is 470 g/mol. The predicted octanol–water partition coefficient (Wildman–Crippen LogP) is 1.16. The van der Waals surface area contributed by atoms with E-state index in [0.29, 0.717) is 17.5 Å². The van der Waals surface area contributed by atoms with Gasteiger partial charge in [0, 0.05) is 37.4 Å². The zero-order valence-electron chi connectivity index (χ0n) is 19.0. The second-order valence-electron chi connectivity index (χ2n) is 8.45. The molecule has 1 fully saturated rings. The molecular weight excluding hydrogens is 444 g/mol. The van der Waals surface area contributed by atoms with Gasteiger partial charge < -0.3 is 20.2 Å². The number of benzene rings is 1. The number of nitrogens with one attached hydrogen (secondary N) is 2. The number of nitrogens with zero attached hydrogens (tertiary/aromatic N) is 4. The van der Waals surface area contributed by atoms with E-state index in [-0.39, 0.29) is 37.4 Å². The van der Waals surface area contributed by atoms with E-state index in [1.807, 2.05) is 0 Å². The molecule has 0 aliphatic carbocycles. The summed E-state index contributed by atoms with van der Waals surface area (Å²) in [6, 6.07) is 7.04. The molecule has 0 bridgehead atoms. The van der Waals surface area contributed by atoms with Crippen LogP contribution in [0.2, 0.25) is 0 Å². The van der Waals surface area contributed by atoms with E-state index in [1.165, 1.54) is 40.5 Å². The number of piperazine rings is 1. The first-order valence-corrected chi connectivity index (χ1v) is 10.6. The standard InChI is InChI=1S/C22H26N6O6/c1-14-12-26(10-11-27(14)18(30)22(2,3)25-21(33)34)19(31)23-17-8-9-28(20(32)24-17)16-6-4-15(13-29)5-7-16/h4-9,13-14,25H,10-12H2,1-3H3,(H,33,34)(H,23,24,31,32). The Morgan fingerprint density at radius 1 is 1.15 bits per heavy atom. The number of rotatable bonds is 5. The van der Waals surface area contributed by atoms with Crippen LogP contribution < -0.4 is 16.3 Å². The van der Waals surface area contributed by atoms with E-state index < -0.39 is 23.4 Å². The third-order valence-electron chi connectivity index (χ3n) is 5.48. The maximum absolute atomic E-state index is 12.8. The molecule has 3 rings (SSSR count). The summed E-state index contributed by atoms with van der Waals surface area (Å²) in [7, 11) is 0. The van der Waals surface area contributed by atoms with E-state index in [2.05, 4.69) is 15.6 Å². The summed E-state index contributed by atoms with van der Waals surface area (Å²) in [5, 5.41) is 13.8. The number of carbonyl (C=O) groups excluding carboxylic acids is 3. The van der Waals surface area contributed by atoms with Gasteiger partial charge in [0.2, 0.25) is 5.91 Å². The summed E-state index contributed by atoms with van der Waals surface area (Å²) in [5.74, 6) is -0.303. The zero-order chi connectivity index (χ0) is 25.0. The predicted molar refractivity (Wildman–Crippen MR) is 122 cm³/mol. The molecule has 2 aromatic rings. The second kappa shape index (κ2) is 9.73. The van der Waals surface area contributed by atoms with Crippen LogP contribution >= 0.6 is 0 Å². The van der Waals surface area contributed by atoms with Crippen molar-refractivity contribution in [2.45, 2.75) is 32.4 Å². The Balaban J connectivity index is 1.64. The third kappa shape index (κ3) is 5.39. The molecule has 4 amide bonds. The van der Waals surface area contributed by atoms with E-state index >= 15 is 0 Å². The topological polar surface area (TPSA) is 154 Å². The fraction of sp³-hybridized carbons (Fsp3) is 0.364. The van der Waals surface area contributed by atoms with Crippen LogP contribution in [-0.4, -0.2) is 80.0 Å². The van der Waals surface area contributed by atoms with Crippen LogP contribution in [0.5, 0.6) is 0 Å². The van der Waals surface area contributed by atoms with E-state index in [0.717, 1.165) is 0 Å². The molecule has 0 radical (unpaired) electrons. The molecule has 0 spiro atoms. The van der Waals surface area contributed by atoms with Crippen molar-refractivity contribution in [3.8, 4) is 5.69 Å². The van der Waals surface area contributed by atoms with Crippen LogP contribution in [0, 0.1) is 0 Å². The molecule has 3 N–H and O–H groups in total. The van der Waals surface area contributed by atoms with Crippen molar-refractivity contribution >= 4 is 30.1 Å². The number of aldehydes is 1. The number of carbonyl (C=O) groups is 4. The molecule has 1 aliphatic rings. The molecule has 180 valence electrons. The van der Waals surface area contributed by atoms with Gasteiger partial charge >= 0.3 is 17.8 Å². The molecule has 1 atom stereocenters. The van der Waals surface area contributed by atoms with Crippen LogP contribution in [0.15, 0.2) is 41.3 Å². The number of aromatic nitrogens is 2. The van der Waals surface area contributed by atoms with Crippen LogP contribution in [0.25, 0.3) is 5.69 Å². The zero-order valence-corrected chi connectivity index (χ0v) is 19.0. The van der Waals surface area contributed by atoms with Crippen molar-refractivity contribution in [2.75, 3.05) is 25.0 Å². The lowest BCUT2D eigenvalue weighted by Crippen LogP contribution is -2.63. The molecule has 1 aliphatic heterocycles. The Hall–Kier alpha value is -4.22. The highest BCUT2D eigenvalue weighted by Crippen LogP contribution is 2.17. The van der Waals surface area contributed by atoms with Gasteiger partial charge in [-0.05, 0) is 51.1 Å². The van der Waals surface area contributed by atoms with E-state index in [1.54, 1.807) is 31.2 Å². The van der Waals surface area contributed by atoms with Crippen LogP contribution in [0.3, 0.4) is 0 Å². The summed E-state index contributed by atoms with van der Waals surface area (Å²) in [5.41, 5.74) is -0.901. The van der Waals surface area contributed by atoms with Gasteiger partial charge in [-0.2, -0.15) is 4.98 Å². The lowest BCUT2D eigenvalue weighted by Gasteiger charge is -2.42. The molecular formula is C22H26N6O6. The maximum atomic E-state index is 12.8. The smallest absolute Gasteiger partial charge is 0.405 e. The normalized spacial score (nSPS) is 16.0. The Bertz CT molecular complexity index is 1160. The summed E-state index contributed by atoms with van der Waals surface area (Å²) < 4.78 is 1.28. The minimum absolute atomic E-state index is 0.0775. The van der Waals surface area contributed by atoms with Gasteiger partial charge in [0.25, 0.3) is 0 Å². The molecule has 1 unspecified atom stereocenters. The third-order valence-corrected chi connectivity index (χ3v) is 5.48. The summed E-state index contributed by atoms with van der Waals surface area (Å²) in [6.45, 7) is 5.42. The van der Waals surface area contributed by atoms with Crippen molar-refractivity contribution in [2.24, 2.45) is 0 Å². The molecule has 1 aromatic heterocycles. The van der Waals surface area contributed by atoms with Gasteiger partial charge in [-0.25, -0.2) is 14.4 Å². The van der Waals surface area contributed by atoms with Gasteiger partial charge in [0.1, 0.15) is 17.6 Å². The Kier molecular flexibility index (Phi) is 6.99. The van der Waals surface area contributed by atoms with E-state index in [9.17, 15) is 24.0 Å². The minimum Gasteiger partial charge on any atom is -0.465 e. The molecule has 12 heteroatoms. The fourth-order valence-electron chi connectivity index (χ4n) is 3.69. The number of hydrogen-bond donors (Lipinski definition) is 3. The highest BCUT2D eigenvalue weighted by Gasteiger charge is 2.38. The first-order chi connectivity index (χ1) is 16.0. The number of urea groups is 1. The average molecular weight is 470 g/mol. The number of hydrogen-bond acceptors (Lipinski definition) is 6. The van der Waals surface area contributed by atoms with Crippen molar-refractivity contribution in [1.29, 1.82) is 0 Å². The largest absolute Gasteiger partial charge is 0.465 e. The highest BCUT2D eigenvalue weighted by molar-refractivity contribution is 5.90. The molecule has 1 aromatic carbocycles.